The summed E-state index contributed by atoms with van der Waals surface area (Å²) in [6.45, 7) is 0. The van der Waals surface area contributed by atoms with Gasteiger partial charge in [0.05, 0.1) is 16.9 Å². The zero-order chi connectivity index (χ0) is 19.1. The van der Waals surface area contributed by atoms with Gasteiger partial charge in [0.25, 0.3) is 5.91 Å². The monoisotopic (exact) mass is 365 g/mol. The molecule has 26 heavy (non-hydrogen) atoms. The van der Waals surface area contributed by atoms with Crippen LogP contribution in [-0.2, 0) is 11.0 Å². The van der Waals surface area contributed by atoms with E-state index in [0.29, 0.717) is 17.4 Å². The second-order valence-corrected chi connectivity index (χ2v) is 5.19. The van der Waals surface area contributed by atoms with Crippen molar-refractivity contribution in [1.29, 1.82) is 0 Å². The van der Waals surface area contributed by atoms with Gasteiger partial charge in [0.2, 0.25) is 0 Å². The first kappa shape index (κ1) is 17.2. The van der Waals surface area contributed by atoms with Crippen molar-refractivity contribution in [2.45, 2.75) is 6.18 Å². The molecule has 0 unspecified atom stereocenters. The number of benzene rings is 1. The number of carboxylic acids is 1. The second-order valence-electron chi connectivity index (χ2n) is 5.19. The molecule has 11 heteroatoms. The van der Waals surface area contributed by atoms with Crippen molar-refractivity contribution >= 4 is 28.8 Å². The Bertz CT molecular complexity index is 956. The van der Waals surface area contributed by atoms with Crippen LogP contribution in [0.5, 0.6) is 0 Å². The molecule has 0 atom stereocenters. The molecule has 0 fully saturated rings. The summed E-state index contributed by atoms with van der Waals surface area (Å²) >= 11 is 0. The number of carbonyl (C=O) groups is 2. The second kappa shape index (κ2) is 6.02. The molecular weight excluding hydrogens is 355 g/mol. The maximum absolute atomic E-state index is 12.8. The molecule has 8 nitrogen and oxygen atoms in total. The molecule has 0 saturated carbocycles. The number of halogens is 3. The number of nitrogens with zero attached hydrogens (tertiary/aromatic N) is 2. The number of aromatic nitrogens is 2. The minimum atomic E-state index is -4.72. The zero-order valence-corrected chi connectivity index (χ0v) is 12.8. The van der Waals surface area contributed by atoms with Crippen molar-refractivity contribution in [3.63, 3.8) is 0 Å². The minimum Gasteiger partial charge on any atom is -0.478 e. The average Bonchev–Trinajstić information content (AvgIpc) is 2.96. The first-order valence-corrected chi connectivity index (χ1v) is 7.03. The Kier molecular flexibility index (Phi) is 3.98. The Labute approximate surface area is 143 Å². The van der Waals surface area contributed by atoms with Crippen molar-refractivity contribution in [1.82, 2.24) is 9.97 Å². The largest absolute Gasteiger partial charge is 0.478 e. The number of carbonyl (C=O) groups excluding carboxylic acids is 1. The van der Waals surface area contributed by atoms with Crippen LogP contribution in [0.15, 0.2) is 36.3 Å². The third kappa shape index (κ3) is 3.14. The smallest absolute Gasteiger partial charge is 0.433 e. The Balaban J connectivity index is 2.07. The van der Waals surface area contributed by atoms with Gasteiger partial charge in [-0.3, -0.25) is 4.79 Å². The van der Waals surface area contributed by atoms with Crippen LogP contribution < -0.4 is 16.4 Å². The zero-order valence-electron chi connectivity index (χ0n) is 12.8. The lowest BCUT2D eigenvalue weighted by Crippen LogP contribution is -2.21. The highest BCUT2D eigenvalue weighted by Gasteiger charge is 2.34. The van der Waals surface area contributed by atoms with Crippen molar-refractivity contribution < 1.29 is 27.9 Å². The van der Waals surface area contributed by atoms with Crippen LogP contribution in [0.3, 0.4) is 0 Å². The summed E-state index contributed by atoms with van der Waals surface area (Å²) < 4.78 is 38.5. The quantitative estimate of drug-likeness (QED) is 0.611. The third-order valence-corrected chi connectivity index (χ3v) is 3.45. The molecule has 1 aliphatic rings. The van der Waals surface area contributed by atoms with Crippen molar-refractivity contribution in [3.8, 4) is 0 Å². The van der Waals surface area contributed by atoms with Gasteiger partial charge < -0.3 is 21.5 Å². The Hall–Kier alpha value is -3.63. The standard InChI is InChI=1S/C15H10F3N5O3/c16-15(17,18)9-3-4-20-12(23-9)10(11(19)24)13-21-7-2-1-6(14(25)26)5-8(7)22-13/h1-5,21-22H,(H2,19,24)(H,25,26). The van der Waals surface area contributed by atoms with Gasteiger partial charge in [-0.1, -0.05) is 0 Å². The molecule has 1 amide bonds. The van der Waals surface area contributed by atoms with E-state index in [2.05, 4.69) is 20.6 Å². The van der Waals surface area contributed by atoms with Crippen LogP contribution >= 0.6 is 0 Å². The molecule has 1 aromatic heterocycles. The number of nitrogens with one attached hydrogen (secondary N) is 2. The summed E-state index contributed by atoms with van der Waals surface area (Å²) in [6.07, 6.45) is -3.86. The number of primary amides is 1. The summed E-state index contributed by atoms with van der Waals surface area (Å²) in [7, 11) is 0. The van der Waals surface area contributed by atoms with Gasteiger partial charge in [0, 0.05) is 6.20 Å². The summed E-state index contributed by atoms with van der Waals surface area (Å²) in [5.74, 6) is -2.79. The Morgan fingerprint density at radius 2 is 1.81 bits per heavy atom. The van der Waals surface area contributed by atoms with Crippen molar-refractivity contribution in [2.24, 2.45) is 5.73 Å². The Morgan fingerprint density at radius 1 is 1.12 bits per heavy atom. The number of rotatable bonds is 3. The molecule has 3 rings (SSSR count). The molecule has 0 radical (unpaired) electrons. The molecular formula is C15H10F3N5O3. The predicted molar refractivity (Wildman–Crippen MR) is 83.8 cm³/mol. The number of nitrogens with two attached hydrogens (primary N) is 1. The van der Waals surface area contributed by atoms with Crippen LogP contribution in [0.2, 0.25) is 0 Å². The lowest BCUT2D eigenvalue weighted by atomic mass is 10.2. The minimum absolute atomic E-state index is 0.0183. The summed E-state index contributed by atoms with van der Waals surface area (Å²) in [4.78, 5) is 29.9. The van der Waals surface area contributed by atoms with Gasteiger partial charge in [0.15, 0.2) is 5.82 Å². The van der Waals surface area contributed by atoms with Crippen LogP contribution in [0.25, 0.3) is 5.57 Å². The number of hydrogen-bond donors (Lipinski definition) is 4. The van der Waals surface area contributed by atoms with Gasteiger partial charge in [-0.2, -0.15) is 13.2 Å². The molecule has 1 aromatic carbocycles. The van der Waals surface area contributed by atoms with E-state index in [9.17, 15) is 22.8 Å². The van der Waals surface area contributed by atoms with Gasteiger partial charge in [0.1, 0.15) is 17.1 Å². The van der Waals surface area contributed by atoms with E-state index >= 15 is 0 Å². The third-order valence-electron chi connectivity index (χ3n) is 3.45. The van der Waals surface area contributed by atoms with E-state index in [1.54, 1.807) is 0 Å². The van der Waals surface area contributed by atoms with E-state index in [0.717, 1.165) is 6.20 Å². The van der Waals surface area contributed by atoms with E-state index in [-0.39, 0.29) is 11.4 Å². The number of alkyl halides is 3. The fraction of sp³-hybridized carbons (Fsp3) is 0.0667. The normalized spacial score (nSPS) is 14.9. The molecule has 5 N–H and O–H groups in total. The maximum Gasteiger partial charge on any atom is 0.433 e. The number of fused-ring (bicyclic) bond motifs is 1. The Morgan fingerprint density at radius 3 is 2.42 bits per heavy atom. The van der Waals surface area contributed by atoms with Gasteiger partial charge in [-0.05, 0) is 24.3 Å². The molecule has 0 saturated heterocycles. The highest BCUT2D eigenvalue weighted by molar-refractivity contribution is 6.20. The van der Waals surface area contributed by atoms with Gasteiger partial charge in [-0.15, -0.1) is 0 Å². The fourth-order valence-electron chi connectivity index (χ4n) is 2.30. The topological polar surface area (TPSA) is 130 Å². The van der Waals surface area contributed by atoms with Crippen LogP contribution in [0.4, 0.5) is 24.5 Å². The highest BCUT2D eigenvalue weighted by Crippen LogP contribution is 2.34. The number of hydrogen-bond acceptors (Lipinski definition) is 6. The van der Waals surface area contributed by atoms with E-state index < -0.39 is 35.1 Å². The average molecular weight is 365 g/mol. The van der Waals surface area contributed by atoms with Crippen molar-refractivity contribution in [2.75, 3.05) is 10.6 Å². The molecule has 0 aliphatic carbocycles. The van der Waals surface area contributed by atoms with Crippen molar-refractivity contribution in [3.05, 3.63) is 53.4 Å². The van der Waals surface area contributed by atoms with E-state index in [1.165, 1.54) is 18.2 Å². The number of amides is 1. The van der Waals surface area contributed by atoms with Gasteiger partial charge >= 0.3 is 12.1 Å². The molecule has 134 valence electrons. The molecule has 0 spiro atoms. The first-order valence-electron chi connectivity index (χ1n) is 7.03. The molecule has 1 aliphatic heterocycles. The SMILES string of the molecule is NC(=O)C(=C1Nc2ccc(C(=O)O)cc2N1)c1nccc(C(F)(F)F)n1. The van der Waals surface area contributed by atoms with Crippen LogP contribution in [0.1, 0.15) is 21.9 Å². The van der Waals surface area contributed by atoms with Gasteiger partial charge in [-0.25, -0.2) is 14.8 Å². The van der Waals surface area contributed by atoms with Crippen LogP contribution in [-0.4, -0.2) is 27.0 Å². The summed E-state index contributed by atoms with van der Waals surface area (Å²) in [5.41, 5.74) is 4.36. The van der Waals surface area contributed by atoms with E-state index in [1.807, 2.05) is 0 Å². The molecule has 2 heterocycles. The summed E-state index contributed by atoms with van der Waals surface area (Å²) in [5, 5.41) is 14.5. The highest BCUT2D eigenvalue weighted by atomic mass is 19.4. The fourth-order valence-corrected chi connectivity index (χ4v) is 2.30. The molecule has 2 aromatic rings. The maximum atomic E-state index is 12.8. The number of anilines is 2. The summed E-state index contributed by atoms with van der Waals surface area (Å²) in [6, 6.07) is 4.72. The van der Waals surface area contributed by atoms with E-state index in [4.69, 9.17) is 10.8 Å². The first-order chi connectivity index (χ1) is 12.2. The number of aromatic carboxylic acids is 1. The lowest BCUT2D eigenvalue weighted by molar-refractivity contribution is -0.141. The molecule has 0 bridgehead atoms. The van der Waals surface area contributed by atoms with Crippen LogP contribution in [0, 0.1) is 0 Å². The lowest BCUT2D eigenvalue weighted by Gasteiger charge is -2.10. The predicted octanol–water partition coefficient (Wildman–Crippen LogP) is 1.89. The number of carboxylic acid groups (broad SMARTS) is 1.